The molecule has 0 unspecified atom stereocenters. The lowest BCUT2D eigenvalue weighted by atomic mass is 10.0. The predicted molar refractivity (Wildman–Crippen MR) is 143 cm³/mol. The third-order valence-corrected chi connectivity index (χ3v) is 7.69. The molecular weight excluding hydrogens is 466 g/mol. The smallest absolute Gasteiger partial charge is 0.244 e. The van der Waals surface area contributed by atoms with Crippen molar-refractivity contribution in [3.63, 3.8) is 0 Å². The molecule has 1 saturated carbocycles. The number of benzene rings is 2. The monoisotopic (exact) mass is 499 g/mol. The van der Waals surface area contributed by atoms with Crippen molar-refractivity contribution in [2.24, 2.45) is 11.3 Å². The molecular formula is C30H33N3O4. The van der Waals surface area contributed by atoms with Crippen LogP contribution in [0.5, 0.6) is 5.75 Å². The molecule has 1 aliphatic carbocycles. The van der Waals surface area contributed by atoms with E-state index in [0.29, 0.717) is 23.6 Å². The number of carbonyl (C=O) groups excluding carboxylic acids is 2. The fraction of sp³-hybridized carbons (Fsp3) is 0.333. The van der Waals surface area contributed by atoms with Crippen molar-refractivity contribution in [3.8, 4) is 5.75 Å². The van der Waals surface area contributed by atoms with Crippen molar-refractivity contribution in [3.05, 3.63) is 83.9 Å². The summed E-state index contributed by atoms with van der Waals surface area (Å²) in [6, 6.07) is 19.0. The third-order valence-electron chi connectivity index (χ3n) is 7.69. The van der Waals surface area contributed by atoms with E-state index >= 15 is 0 Å². The second kappa shape index (κ2) is 9.81. The van der Waals surface area contributed by atoms with Gasteiger partial charge in [-0.2, -0.15) is 0 Å². The van der Waals surface area contributed by atoms with E-state index < -0.39 is 0 Å². The van der Waals surface area contributed by atoms with E-state index in [1.807, 2.05) is 12.1 Å². The Hall–Kier alpha value is -4.00. The first kappa shape index (κ1) is 24.7. The average molecular weight is 500 g/mol. The molecule has 192 valence electrons. The van der Waals surface area contributed by atoms with Crippen LogP contribution >= 0.6 is 0 Å². The lowest BCUT2D eigenvalue weighted by molar-refractivity contribution is -0.136. The van der Waals surface area contributed by atoms with Crippen LogP contribution in [0, 0.1) is 18.3 Å². The molecule has 0 radical (unpaired) electrons. The van der Waals surface area contributed by atoms with Crippen LogP contribution in [0.15, 0.2) is 71.3 Å². The van der Waals surface area contributed by atoms with E-state index in [1.165, 1.54) is 10.9 Å². The molecule has 7 nitrogen and oxygen atoms in total. The zero-order valence-electron chi connectivity index (χ0n) is 21.7. The summed E-state index contributed by atoms with van der Waals surface area (Å²) in [5.41, 5.74) is 4.20. The predicted octanol–water partition coefficient (Wildman–Crippen LogP) is 5.88. The number of nitrogens with zero attached hydrogens (tertiary/aromatic N) is 1. The van der Waals surface area contributed by atoms with Crippen molar-refractivity contribution in [2.75, 3.05) is 19.0 Å². The molecule has 2 heterocycles. The zero-order chi connectivity index (χ0) is 26.2. The van der Waals surface area contributed by atoms with Gasteiger partial charge in [0.2, 0.25) is 11.8 Å². The number of furan rings is 1. The van der Waals surface area contributed by atoms with Gasteiger partial charge in [-0.25, -0.2) is 0 Å². The molecule has 37 heavy (non-hydrogen) atoms. The molecule has 7 heteroatoms. The first-order valence-corrected chi connectivity index (χ1v) is 12.6. The maximum absolute atomic E-state index is 13.6. The first-order valence-electron chi connectivity index (χ1n) is 12.6. The number of amides is 2. The van der Waals surface area contributed by atoms with Gasteiger partial charge in [0.25, 0.3) is 0 Å². The summed E-state index contributed by atoms with van der Waals surface area (Å²) in [5, 5.41) is 4.10. The van der Waals surface area contributed by atoms with Gasteiger partial charge in [0.05, 0.1) is 19.9 Å². The summed E-state index contributed by atoms with van der Waals surface area (Å²) in [6.45, 7) is 6.74. The zero-order valence-corrected chi connectivity index (χ0v) is 21.7. The lowest BCUT2D eigenvalue weighted by Crippen LogP contribution is -2.37. The summed E-state index contributed by atoms with van der Waals surface area (Å²) < 4.78 is 10.7. The minimum atomic E-state index is -0.260. The van der Waals surface area contributed by atoms with E-state index in [0.717, 1.165) is 11.2 Å². The van der Waals surface area contributed by atoms with E-state index in [9.17, 15) is 9.59 Å². The van der Waals surface area contributed by atoms with Gasteiger partial charge in [-0.05, 0) is 72.2 Å². The van der Waals surface area contributed by atoms with Gasteiger partial charge < -0.3 is 24.4 Å². The molecule has 0 bridgehead atoms. The number of rotatable bonds is 9. The molecule has 4 aromatic rings. The van der Waals surface area contributed by atoms with Crippen molar-refractivity contribution in [2.45, 2.75) is 39.7 Å². The van der Waals surface area contributed by atoms with Gasteiger partial charge in [0.15, 0.2) is 0 Å². The number of para-hydroxylation sites is 1. The van der Waals surface area contributed by atoms with E-state index in [4.69, 9.17) is 9.15 Å². The molecule has 2 aromatic carbocycles. The van der Waals surface area contributed by atoms with Gasteiger partial charge in [-0.15, -0.1) is 0 Å². The molecule has 0 aliphatic heterocycles. The van der Waals surface area contributed by atoms with E-state index in [2.05, 4.69) is 49.3 Å². The van der Waals surface area contributed by atoms with Crippen LogP contribution in [0.2, 0.25) is 0 Å². The van der Waals surface area contributed by atoms with Gasteiger partial charge in [0.1, 0.15) is 18.1 Å². The number of anilines is 1. The van der Waals surface area contributed by atoms with Gasteiger partial charge >= 0.3 is 0 Å². The molecule has 1 fully saturated rings. The van der Waals surface area contributed by atoms with Crippen molar-refractivity contribution in [1.29, 1.82) is 0 Å². The number of aromatic nitrogens is 1. The molecule has 2 amide bonds. The van der Waals surface area contributed by atoms with Crippen LogP contribution in [0.4, 0.5) is 5.69 Å². The fourth-order valence-electron chi connectivity index (χ4n) is 5.59. The topological polar surface area (TPSA) is 87.6 Å². The number of H-pyrrole nitrogens is 1. The molecule has 2 N–H and O–H groups in total. The highest BCUT2D eigenvalue weighted by molar-refractivity contribution is 5.94. The highest BCUT2D eigenvalue weighted by Gasteiger charge is 2.59. The normalized spacial score (nSPS) is 17.9. The first-order chi connectivity index (χ1) is 17.8. The van der Waals surface area contributed by atoms with Gasteiger partial charge in [-0.1, -0.05) is 32.0 Å². The summed E-state index contributed by atoms with van der Waals surface area (Å²) in [6.07, 6.45) is 1.95. The second-order valence-electron chi connectivity index (χ2n) is 10.4. The summed E-state index contributed by atoms with van der Waals surface area (Å²) in [4.78, 5) is 31.6. The molecule has 2 aromatic heterocycles. The Balaban J connectivity index is 1.31. The number of ether oxygens (including phenoxy) is 1. The Bertz CT molecular complexity index is 1400. The third kappa shape index (κ3) is 4.99. The summed E-state index contributed by atoms with van der Waals surface area (Å²) >= 11 is 0. The van der Waals surface area contributed by atoms with Crippen molar-refractivity contribution in [1.82, 2.24) is 9.88 Å². The Kier molecular flexibility index (Phi) is 6.54. The van der Waals surface area contributed by atoms with Crippen LogP contribution < -0.4 is 10.1 Å². The summed E-state index contributed by atoms with van der Waals surface area (Å²) in [7, 11) is 1.59. The standard InChI is InChI=1S/C30H33N3O4/c1-19-28(23-9-5-6-10-25(23)31-19)29-24(30(29,2)3)16-27(35)33(17-22-8-7-15-37-22)18-26(34)32-20-11-13-21(36-4)14-12-20/h5-15,24,29,31H,16-18H2,1-4H3,(H,32,34)/t24-,29-/m1/s1. The number of hydrogen-bond donors (Lipinski definition) is 2. The quantitative estimate of drug-likeness (QED) is 0.301. The van der Waals surface area contributed by atoms with Gasteiger partial charge in [-0.3, -0.25) is 9.59 Å². The average Bonchev–Trinajstić information content (AvgIpc) is 3.25. The maximum Gasteiger partial charge on any atom is 0.244 e. The van der Waals surface area contributed by atoms with Crippen molar-refractivity contribution < 1.29 is 18.7 Å². The minimum Gasteiger partial charge on any atom is -0.497 e. The highest BCUT2D eigenvalue weighted by Crippen LogP contribution is 2.67. The lowest BCUT2D eigenvalue weighted by Gasteiger charge is -2.22. The van der Waals surface area contributed by atoms with Crippen LogP contribution in [0.1, 0.15) is 43.2 Å². The fourth-order valence-corrected chi connectivity index (χ4v) is 5.59. The Morgan fingerprint density at radius 3 is 2.54 bits per heavy atom. The summed E-state index contributed by atoms with van der Waals surface area (Å²) in [5.74, 6) is 1.49. The Morgan fingerprint density at radius 2 is 1.84 bits per heavy atom. The van der Waals surface area contributed by atoms with Crippen LogP contribution in [0.3, 0.4) is 0 Å². The molecule has 5 rings (SSSR count). The number of aryl methyl sites for hydroxylation is 1. The largest absolute Gasteiger partial charge is 0.497 e. The Morgan fingerprint density at radius 1 is 1.08 bits per heavy atom. The number of nitrogens with one attached hydrogen (secondary N) is 2. The molecule has 0 saturated heterocycles. The number of hydrogen-bond acceptors (Lipinski definition) is 4. The number of aromatic amines is 1. The number of carbonyl (C=O) groups is 2. The maximum atomic E-state index is 13.6. The molecule has 1 aliphatic rings. The number of methoxy groups -OCH3 is 1. The highest BCUT2D eigenvalue weighted by atomic mass is 16.5. The van der Waals surface area contributed by atoms with Crippen LogP contribution in [-0.2, 0) is 16.1 Å². The van der Waals surface area contributed by atoms with Gasteiger partial charge in [0, 0.05) is 28.7 Å². The minimum absolute atomic E-state index is 0.0207. The van der Waals surface area contributed by atoms with Crippen LogP contribution in [0.25, 0.3) is 10.9 Å². The second-order valence-corrected chi connectivity index (χ2v) is 10.4. The van der Waals surface area contributed by atoms with E-state index in [-0.39, 0.29) is 42.2 Å². The Labute approximate surface area is 216 Å². The molecule has 0 spiro atoms. The van der Waals surface area contributed by atoms with Crippen LogP contribution in [-0.4, -0.2) is 35.4 Å². The van der Waals surface area contributed by atoms with E-state index in [1.54, 1.807) is 48.6 Å². The van der Waals surface area contributed by atoms with Crippen molar-refractivity contribution >= 4 is 28.4 Å². The number of fused-ring (bicyclic) bond motifs is 1. The molecule has 2 atom stereocenters. The SMILES string of the molecule is COc1ccc(NC(=O)CN(Cc2ccco2)C(=O)C[C@@H]2[C@H](c3c(C)[nH]c4ccccc34)C2(C)C)cc1.